The number of nitrogens with one attached hydrogen (secondary N) is 1. The van der Waals surface area contributed by atoms with Crippen LogP contribution in [0.1, 0.15) is 18.4 Å². The van der Waals surface area contributed by atoms with Crippen LogP contribution in [-0.4, -0.2) is 23.3 Å². The number of pyridine rings is 1. The summed E-state index contributed by atoms with van der Waals surface area (Å²) >= 11 is 7.69. The quantitative estimate of drug-likeness (QED) is 0.822. The van der Waals surface area contributed by atoms with Crippen LogP contribution in [0.4, 0.5) is 0 Å². The molecule has 1 fully saturated rings. The molecule has 15 heavy (non-hydrogen) atoms. The van der Waals surface area contributed by atoms with Crippen LogP contribution in [0.25, 0.3) is 0 Å². The second kappa shape index (κ2) is 5.73. The number of rotatable bonds is 4. The molecule has 0 unspecified atom stereocenters. The third-order valence-corrected chi connectivity index (χ3v) is 3.94. The van der Waals surface area contributed by atoms with E-state index >= 15 is 0 Å². The standard InChI is InChI=1S/C11H15ClN2S/c12-11-4-3-9(6-14-11)7-15-8-10-2-1-5-13-10/h3-4,6,10,13H,1-2,5,7-8H2/t10-/m0/s1. The van der Waals surface area contributed by atoms with E-state index < -0.39 is 0 Å². The molecule has 0 aliphatic carbocycles. The Morgan fingerprint density at radius 2 is 2.47 bits per heavy atom. The number of hydrogen-bond donors (Lipinski definition) is 1. The summed E-state index contributed by atoms with van der Waals surface area (Å²) < 4.78 is 0. The smallest absolute Gasteiger partial charge is 0.129 e. The first-order valence-corrected chi connectivity index (χ1v) is 6.79. The minimum absolute atomic E-state index is 0.571. The summed E-state index contributed by atoms with van der Waals surface area (Å²) in [6.45, 7) is 1.19. The lowest BCUT2D eigenvalue weighted by Crippen LogP contribution is -2.23. The number of aromatic nitrogens is 1. The van der Waals surface area contributed by atoms with Crippen molar-refractivity contribution in [2.45, 2.75) is 24.6 Å². The molecule has 4 heteroatoms. The Balaban J connectivity index is 1.71. The lowest BCUT2D eigenvalue weighted by atomic mass is 10.3. The van der Waals surface area contributed by atoms with Crippen molar-refractivity contribution in [2.24, 2.45) is 0 Å². The summed E-state index contributed by atoms with van der Waals surface area (Å²) in [6.07, 6.45) is 4.51. The number of hydrogen-bond acceptors (Lipinski definition) is 3. The summed E-state index contributed by atoms with van der Waals surface area (Å²) in [5.41, 5.74) is 1.25. The number of nitrogens with zero attached hydrogens (tertiary/aromatic N) is 1. The average molecular weight is 243 g/mol. The molecular weight excluding hydrogens is 228 g/mol. The van der Waals surface area contributed by atoms with E-state index in [9.17, 15) is 0 Å². The number of thioether (sulfide) groups is 1. The van der Waals surface area contributed by atoms with Gasteiger partial charge in [0, 0.05) is 23.7 Å². The molecule has 0 aromatic carbocycles. The first-order valence-electron chi connectivity index (χ1n) is 5.26. The van der Waals surface area contributed by atoms with E-state index in [2.05, 4.69) is 10.3 Å². The zero-order chi connectivity index (χ0) is 10.5. The van der Waals surface area contributed by atoms with Gasteiger partial charge in [0.15, 0.2) is 0 Å². The molecule has 82 valence electrons. The van der Waals surface area contributed by atoms with Crippen molar-refractivity contribution >= 4 is 23.4 Å². The molecule has 2 rings (SSSR count). The fraction of sp³-hybridized carbons (Fsp3) is 0.545. The van der Waals surface area contributed by atoms with Crippen molar-refractivity contribution in [2.75, 3.05) is 12.3 Å². The summed E-state index contributed by atoms with van der Waals surface area (Å²) in [6, 6.07) is 4.62. The van der Waals surface area contributed by atoms with Crippen molar-refractivity contribution in [3.63, 3.8) is 0 Å². The molecule has 1 N–H and O–H groups in total. The van der Waals surface area contributed by atoms with Gasteiger partial charge in [-0.25, -0.2) is 4.98 Å². The molecule has 2 heterocycles. The maximum Gasteiger partial charge on any atom is 0.129 e. The van der Waals surface area contributed by atoms with Crippen LogP contribution in [0.3, 0.4) is 0 Å². The van der Waals surface area contributed by atoms with Crippen LogP contribution in [0, 0.1) is 0 Å². The Hall–Kier alpha value is -0.250. The summed E-state index contributed by atoms with van der Waals surface area (Å²) in [4.78, 5) is 4.07. The van der Waals surface area contributed by atoms with Crippen LogP contribution in [0.2, 0.25) is 5.15 Å². The molecule has 1 aromatic rings. The van der Waals surface area contributed by atoms with Crippen molar-refractivity contribution in [1.82, 2.24) is 10.3 Å². The first-order chi connectivity index (χ1) is 7.34. The van der Waals surface area contributed by atoms with E-state index in [1.807, 2.05) is 30.1 Å². The van der Waals surface area contributed by atoms with Gasteiger partial charge >= 0.3 is 0 Å². The zero-order valence-corrected chi connectivity index (χ0v) is 10.2. The van der Waals surface area contributed by atoms with E-state index in [4.69, 9.17) is 11.6 Å². The molecule has 0 spiro atoms. The third kappa shape index (κ3) is 3.67. The SMILES string of the molecule is Clc1ccc(CSC[C@@H]2CCCN2)cn1. The lowest BCUT2D eigenvalue weighted by molar-refractivity contribution is 0.674. The highest BCUT2D eigenvalue weighted by molar-refractivity contribution is 7.98. The van der Waals surface area contributed by atoms with Gasteiger partial charge in [0.05, 0.1) is 0 Å². The van der Waals surface area contributed by atoms with Crippen LogP contribution < -0.4 is 5.32 Å². The maximum absolute atomic E-state index is 5.72. The average Bonchev–Trinajstić information content (AvgIpc) is 2.74. The Morgan fingerprint density at radius 3 is 3.13 bits per heavy atom. The minimum Gasteiger partial charge on any atom is -0.313 e. The predicted octanol–water partition coefficient (Wildman–Crippen LogP) is 2.72. The molecule has 0 bridgehead atoms. The van der Waals surface area contributed by atoms with Gasteiger partial charge in [0.1, 0.15) is 5.15 Å². The first kappa shape index (κ1) is 11.2. The second-order valence-electron chi connectivity index (χ2n) is 3.80. The van der Waals surface area contributed by atoms with Gasteiger partial charge in [0.2, 0.25) is 0 Å². The molecule has 0 radical (unpaired) electrons. The van der Waals surface area contributed by atoms with Crippen molar-refractivity contribution < 1.29 is 0 Å². The lowest BCUT2D eigenvalue weighted by Gasteiger charge is -2.08. The Labute approximate surface area is 99.8 Å². The summed E-state index contributed by atoms with van der Waals surface area (Å²) in [7, 11) is 0. The minimum atomic E-state index is 0.571. The van der Waals surface area contributed by atoms with Gasteiger partial charge in [-0.1, -0.05) is 17.7 Å². The van der Waals surface area contributed by atoms with Gasteiger partial charge in [-0.15, -0.1) is 0 Å². The Bertz CT molecular complexity index is 296. The molecule has 1 saturated heterocycles. The highest BCUT2D eigenvalue weighted by Crippen LogP contribution is 2.17. The predicted molar refractivity (Wildman–Crippen MR) is 66.4 cm³/mol. The van der Waals surface area contributed by atoms with Crippen LogP contribution in [0.15, 0.2) is 18.3 Å². The van der Waals surface area contributed by atoms with Gasteiger partial charge in [-0.3, -0.25) is 0 Å². The van der Waals surface area contributed by atoms with Crippen molar-refractivity contribution in [3.05, 3.63) is 29.0 Å². The fourth-order valence-corrected chi connectivity index (χ4v) is 2.91. The van der Waals surface area contributed by atoms with Crippen LogP contribution >= 0.6 is 23.4 Å². The zero-order valence-electron chi connectivity index (χ0n) is 8.58. The van der Waals surface area contributed by atoms with Gasteiger partial charge in [0.25, 0.3) is 0 Å². The summed E-state index contributed by atoms with van der Waals surface area (Å²) in [5.74, 6) is 2.23. The monoisotopic (exact) mass is 242 g/mol. The highest BCUT2D eigenvalue weighted by atomic mass is 35.5. The number of halogens is 1. The molecule has 0 amide bonds. The van der Waals surface area contributed by atoms with E-state index in [1.54, 1.807) is 0 Å². The van der Waals surface area contributed by atoms with Gasteiger partial charge in [-0.2, -0.15) is 11.8 Å². The second-order valence-corrected chi connectivity index (χ2v) is 5.22. The summed E-state index contributed by atoms with van der Waals surface area (Å²) in [5, 5.41) is 4.06. The largest absolute Gasteiger partial charge is 0.313 e. The van der Waals surface area contributed by atoms with Crippen LogP contribution in [0.5, 0.6) is 0 Å². The Morgan fingerprint density at radius 1 is 1.53 bits per heavy atom. The van der Waals surface area contributed by atoms with Gasteiger partial charge < -0.3 is 5.32 Å². The molecule has 1 atom stereocenters. The van der Waals surface area contributed by atoms with Gasteiger partial charge in [-0.05, 0) is 31.0 Å². The topological polar surface area (TPSA) is 24.9 Å². The molecule has 2 nitrogen and oxygen atoms in total. The van der Waals surface area contributed by atoms with E-state index in [-0.39, 0.29) is 0 Å². The maximum atomic E-state index is 5.72. The van der Waals surface area contributed by atoms with Crippen LogP contribution in [-0.2, 0) is 5.75 Å². The van der Waals surface area contributed by atoms with E-state index in [0.717, 1.165) is 11.8 Å². The van der Waals surface area contributed by atoms with E-state index in [1.165, 1.54) is 30.7 Å². The molecule has 1 aliphatic rings. The normalized spacial score (nSPS) is 20.7. The molecule has 0 saturated carbocycles. The third-order valence-electron chi connectivity index (χ3n) is 2.54. The Kier molecular flexibility index (Phi) is 4.29. The fourth-order valence-electron chi connectivity index (χ4n) is 1.71. The highest BCUT2D eigenvalue weighted by Gasteiger charge is 2.13. The van der Waals surface area contributed by atoms with E-state index in [0.29, 0.717) is 5.15 Å². The van der Waals surface area contributed by atoms with Crippen molar-refractivity contribution in [3.8, 4) is 0 Å². The molecule has 1 aliphatic heterocycles. The molecular formula is C11H15ClN2S. The molecule has 1 aromatic heterocycles. The van der Waals surface area contributed by atoms with Crippen molar-refractivity contribution in [1.29, 1.82) is 0 Å².